The molecule has 0 bridgehead atoms. The fraction of sp³-hybridized carbons (Fsp3) is 0.333. The van der Waals surface area contributed by atoms with E-state index in [0.29, 0.717) is 27.7 Å². The number of anilines is 1. The van der Waals surface area contributed by atoms with Crippen LogP contribution in [0.15, 0.2) is 42.5 Å². The highest BCUT2D eigenvalue weighted by atomic mass is 32.1. The van der Waals surface area contributed by atoms with Crippen molar-refractivity contribution in [3.8, 4) is 11.5 Å². The Hall–Kier alpha value is -2.92. The zero-order chi connectivity index (χ0) is 22.7. The van der Waals surface area contributed by atoms with E-state index in [2.05, 4.69) is 9.72 Å². The number of thiazole rings is 1. The van der Waals surface area contributed by atoms with Crippen molar-refractivity contribution in [1.29, 1.82) is 0 Å². The zero-order valence-corrected chi connectivity index (χ0v) is 17.4. The number of fused-ring (bicyclic) bond motifs is 1. The second-order valence-corrected chi connectivity index (χ2v) is 8.06. The second-order valence-electron chi connectivity index (χ2n) is 7.06. The second kappa shape index (κ2) is 9.29. The molecule has 0 spiro atoms. The zero-order valence-electron chi connectivity index (χ0n) is 16.6. The quantitative estimate of drug-likeness (QED) is 0.459. The smallest absolute Gasteiger partial charge is 0.484 e. The standard InChI is InChI=1S/C21H18F4N2O4S/c22-13-3-5-14(6-4-13)30-12-19(28)27(11-16-2-1-9-29-16)20-26-17-8-7-15(10-18(17)32-20)31-21(23,24)25/h3-8,10,16H,1-2,9,11-12H2. The first kappa shape index (κ1) is 22.3. The van der Waals surface area contributed by atoms with Gasteiger partial charge in [-0.25, -0.2) is 9.37 Å². The van der Waals surface area contributed by atoms with Crippen LogP contribution >= 0.6 is 11.3 Å². The number of hydrogen-bond acceptors (Lipinski definition) is 6. The van der Waals surface area contributed by atoms with E-state index in [1.165, 1.54) is 47.4 Å². The van der Waals surface area contributed by atoms with Crippen molar-refractivity contribution in [3.63, 3.8) is 0 Å². The summed E-state index contributed by atoms with van der Waals surface area (Å²) in [5, 5.41) is 0.312. The maximum absolute atomic E-state index is 13.1. The summed E-state index contributed by atoms with van der Waals surface area (Å²) in [7, 11) is 0. The summed E-state index contributed by atoms with van der Waals surface area (Å²) in [5.74, 6) is -0.866. The van der Waals surface area contributed by atoms with E-state index in [4.69, 9.17) is 9.47 Å². The van der Waals surface area contributed by atoms with Gasteiger partial charge < -0.3 is 14.2 Å². The van der Waals surface area contributed by atoms with Gasteiger partial charge in [-0.2, -0.15) is 0 Å². The molecule has 2 heterocycles. The van der Waals surface area contributed by atoms with Gasteiger partial charge in [0.15, 0.2) is 11.7 Å². The number of hydrogen-bond donors (Lipinski definition) is 0. The molecule has 11 heteroatoms. The molecule has 1 atom stereocenters. The first-order valence-corrected chi connectivity index (χ1v) is 10.6. The van der Waals surface area contributed by atoms with Gasteiger partial charge in [0.2, 0.25) is 0 Å². The van der Waals surface area contributed by atoms with Gasteiger partial charge in [0.25, 0.3) is 5.91 Å². The largest absolute Gasteiger partial charge is 0.573 e. The molecule has 170 valence electrons. The predicted octanol–water partition coefficient (Wildman–Crippen LogP) is 4.93. The number of ether oxygens (including phenoxy) is 3. The first-order chi connectivity index (χ1) is 15.3. The average molecular weight is 470 g/mol. The van der Waals surface area contributed by atoms with Crippen LogP contribution in [0, 0.1) is 5.82 Å². The summed E-state index contributed by atoms with van der Waals surface area (Å²) in [6.07, 6.45) is -3.34. The lowest BCUT2D eigenvalue weighted by Crippen LogP contribution is -2.40. The summed E-state index contributed by atoms with van der Waals surface area (Å²) in [5.41, 5.74) is 0.434. The topological polar surface area (TPSA) is 60.9 Å². The molecule has 4 rings (SSSR count). The molecule has 0 saturated carbocycles. The fourth-order valence-corrected chi connectivity index (χ4v) is 4.26. The third-order valence-corrected chi connectivity index (χ3v) is 5.74. The molecule has 1 fully saturated rings. The Morgan fingerprint density at radius 1 is 1.19 bits per heavy atom. The molecular weight excluding hydrogens is 452 g/mol. The Balaban J connectivity index is 1.55. The average Bonchev–Trinajstić information content (AvgIpc) is 3.39. The van der Waals surface area contributed by atoms with Gasteiger partial charge in [0, 0.05) is 12.7 Å². The summed E-state index contributed by atoms with van der Waals surface area (Å²) in [6, 6.07) is 9.06. The monoisotopic (exact) mass is 470 g/mol. The Kier molecular flexibility index (Phi) is 6.47. The molecular formula is C21H18F4N2O4S. The number of halogens is 4. The molecule has 0 N–H and O–H groups in total. The minimum Gasteiger partial charge on any atom is -0.484 e. The van der Waals surface area contributed by atoms with E-state index in [1.54, 1.807) is 0 Å². The van der Waals surface area contributed by atoms with Crippen molar-refractivity contribution in [1.82, 2.24) is 4.98 Å². The number of carbonyl (C=O) groups excluding carboxylic acids is 1. The summed E-state index contributed by atoms with van der Waals surface area (Å²) in [4.78, 5) is 18.8. The van der Waals surface area contributed by atoms with Crippen molar-refractivity contribution >= 4 is 32.6 Å². The van der Waals surface area contributed by atoms with Crippen LogP contribution in [-0.2, 0) is 9.53 Å². The van der Waals surface area contributed by atoms with Gasteiger partial charge in [0.05, 0.1) is 22.9 Å². The highest BCUT2D eigenvalue weighted by Gasteiger charge is 2.31. The van der Waals surface area contributed by atoms with Crippen molar-refractivity contribution < 1.29 is 36.6 Å². The molecule has 32 heavy (non-hydrogen) atoms. The number of rotatable bonds is 7. The van der Waals surface area contributed by atoms with Crippen LogP contribution in [0.3, 0.4) is 0 Å². The fourth-order valence-electron chi connectivity index (χ4n) is 3.24. The maximum Gasteiger partial charge on any atom is 0.573 e. The lowest BCUT2D eigenvalue weighted by Gasteiger charge is -2.23. The Labute approximate surface area is 184 Å². The molecule has 1 aliphatic rings. The minimum atomic E-state index is -4.80. The molecule has 3 aromatic rings. The van der Waals surface area contributed by atoms with Crippen LogP contribution in [0.5, 0.6) is 11.5 Å². The number of amides is 1. The van der Waals surface area contributed by atoms with Crippen molar-refractivity contribution in [3.05, 3.63) is 48.3 Å². The molecule has 1 aliphatic heterocycles. The van der Waals surface area contributed by atoms with Gasteiger partial charge in [-0.05, 0) is 49.2 Å². The lowest BCUT2D eigenvalue weighted by atomic mass is 10.2. The number of benzene rings is 2. The van der Waals surface area contributed by atoms with Crippen LogP contribution in [-0.4, -0.2) is 43.1 Å². The molecule has 2 aromatic carbocycles. The molecule has 1 aromatic heterocycles. The van der Waals surface area contributed by atoms with Gasteiger partial charge in [-0.15, -0.1) is 13.2 Å². The van der Waals surface area contributed by atoms with Gasteiger partial charge in [-0.3, -0.25) is 9.69 Å². The van der Waals surface area contributed by atoms with Gasteiger partial charge in [0.1, 0.15) is 17.3 Å². The third-order valence-electron chi connectivity index (χ3n) is 4.70. The van der Waals surface area contributed by atoms with E-state index >= 15 is 0 Å². The normalized spacial score (nSPS) is 16.3. The Bertz CT molecular complexity index is 1080. The molecule has 6 nitrogen and oxygen atoms in total. The molecule has 1 amide bonds. The van der Waals surface area contributed by atoms with Crippen molar-refractivity contribution in [2.75, 3.05) is 24.7 Å². The molecule has 1 saturated heterocycles. The van der Waals surface area contributed by atoms with Crippen molar-refractivity contribution in [2.45, 2.75) is 25.3 Å². The number of carbonyl (C=O) groups is 1. The predicted molar refractivity (Wildman–Crippen MR) is 110 cm³/mol. The van der Waals surface area contributed by atoms with E-state index in [9.17, 15) is 22.4 Å². The summed E-state index contributed by atoms with van der Waals surface area (Å²) < 4.78 is 66.1. The molecule has 1 unspecified atom stereocenters. The summed E-state index contributed by atoms with van der Waals surface area (Å²) >= 11 is 1.07. The van der Waals surface area contributed by atoms with E-state index in [1.807, 2.05) is 0 Å². The molecule has 0 aliphatic carbocycles. The first-order valence-electron chi connectivity index (χ1n) is 9.73. The van der Waals surface area contributed by atoms with Crippen LogP contribution in [0.25, 0.3) is 10.2 Å². The Morgan fingerprint density at radius 2 is 1.94 bits per heavy atom. The highest BCUT2D eigenvalue weighted by molar-refractivity contribution is 7.22. The van der Waals surface area contributed by atoms with Crippen molar-refractivity contribution in [2.24, 2.45) is 0 Å². The van der Waals surface area contributed by atoms with Crippen LogP contribution in [0.1, 0.15) is 12.8 Å². The van der Waals surface area contributed by atoms with Gasteiger partial charge >= 0.3 is 6.36 Å². The van der Waals surface area contributed by atoms with Crippen LogP contribution in [0.2, 0.25) is 0 Å². The Morgan fingerprint density at radius 3 is 2.62 bits per heavy atom. The van der Waals surface area contributed by atoms with Gasteiger partial charge in [-0.1, -0.05) is 11.3 Å². The van der Waals surface area contributed by atoms with E-state index in [-0.39, 0.29) is 25.0 Å². The SMILES string of the molecule is O=C(COc1ccc(F)cc1)N(CC1CCCO1)c1nc2ccc(OC(F)(F)F)cc2s1. The van der Waals surface area contributed by atoms with E-state index in [0.717, 1.165) is 24.2 Å². The maximum atomic E-state index is 13.1. The van der Waals surface area contributed by atoms with E-state index < -0.39 is 18.1 Å². The van der Waals surface area contributed by atoms with Crippen LogP contribution < -0.4 is 14.4 Å². The molecule has 0 radical (unpaired) electrons. The lowest BCUT2D eigenvalue weighted by molar-refractivity contribution is -0.274. The summed E-state index contributed by atoms with van der Waals surface area (Å²) in [6.45, 7) is 0.505. The third kappa shape index (κ3) is 5.65. The van der Waals surface area contributed by atoms with Crippen LogP contribution in [0.4, 0.5) is 22.7 Å². The minimum absolute atomic E-state index is 0.180. The number of nitrogens with zero attached hydrogens (tertiary/aromatic N) is 2. The number of aromatic nitrogens is 1. The number of alkyl halides is 3. The highest BCUT2D eigenvalue weighted by Crippen LogP contribution is 2.34.